The average Bonchev–Trinajstić information content (AvgIpc) is 2.86. The number of aliphatic carboxylic acids is 1. The predicted octanol–water partition coefficient (Wildman–Crippen LogP) is 3.00. The van der Waals surface area contributed by atoms with Gasteiger partial charge < -0.3 is 14.6 Å². The number of fused-ring (bicyclic) bond motifs is 1. The van der Waals surface area contributed by atoms with Crippen LogP contribution in [-0.4, -0.2) is 22.0 Å². The van der Waals surface area contributed by atoms with Crippen molar-refractivity contribution in [2.45, 2.75) is 6.42 Å². The van der Waals surface area contributed by atoms with Gasteiger partial charge in [0.15, 0.2) is 5.76 Å². The van der Waals surface area contributed by atoms with E-state index in [9.17, 15) is 14.7 Å². The molecule has 0 saturated heterocycles. The van der Waals surface area contributed by atoms with Gasteiger partial charge in [-0.25, -0.2) is 0 Å². The summed E-state index contributed by atoms with van der Waals surface area (Å²) < 4.78 is 5.57. The first-order chi connectivity index (χ1) is 10.6. The molecule has 1 heterocycles. The number of carboxylic acid groups (broad SMARTS) is 1. The molecule has 5 heteroatoms. The Hall–Kier alpha value is -3.08. The van der Waals surface area contributed by atoms with Crippen LogP contribution < -0.4 is 0 Å². The van der Waals surface area contributed by atoms with Gasteiger partial charge in [-0.1, -0.05) is 18.2 Å². The molecule has 0 unspecified atom stereocenters. The number of rotatable bonds is 4. The number of furan rings is 1. The third kappa shape index (κ3) is 2.44. The highest BCUT2D eigenvalue weighted by atomic mass is 16.4. The van der Waals surface area contributed by atoms with Crippen molar-refractivity contribution in [3.8, 4) is 5.75 Å². The Labute approximate surface area is 125 Å². The van der Waals surface area contributed by atoms with Gasteiger partial charge in [0.1, 0.15) is 11.3 Å². The number of phenols is 1. The second-order valence-corrected chi connectivity index (χ2v) is 4.85. The van der Waals surface area contributed by atoms with Crippen molar-refractivity contribution >= 4 is 22.7 Å². The van der Waals surface area contributed by atoms with Gasteiger partial charge in [0.2, 0.25) is 5.78 Å². The molecule has 3 rings (SSSR count). The summed E-state index contributed by atoms with van der Waals surface area (Å²) >= 11 is 0. The molecule has 0 atom stereocenters. The molecular weight excluding hydrogens is 284 g/mol. The highest BCUT2D eigenvalue weighted by molar-refractivity contribution is 6.11. The summed E-state index contributed by atoms with van der Waals surface area (Å²) in [6.07, 6.45) is -0.295. The summed E-state index contributed by atoms with van der Waals surface area (Å²) in [4.78, 5) is 23.6. The number of phenolic OH excluding ortho intramolecular Hbond substituents is 1. The minimum absolute atomic E-state index is 0.0225. The fourth-order valence-electron chi connectivity index (χ4n) is 2.35. The van der Waals surface area contributed by atoms with Crippen molar-refractivity contribution in [1.82, 2.24) is 0 Å². The standard InChI is InChI=1S/C17H12O5/c18-11-7-5-10(6-8-11)16(21)17-13(9-15(19)20)12-3-1-2-4-14(12)22-17/h1-8,18H,9H2,(H,19,20). The number of hydrogen-bond donors (Lipinski definition) is 2. The Morgan fingerprint density at radius 1 is 1.00 bits per heavy atom. The third-order valence-corrected chi connectivity index (χ3v) is 3.36. The van der Waals surface area contributed by atoms with Crippen molar-refractivity contribution in [3.63, 3.8) is 0 Å². The Morgan fingerprint density at radius 2 is 1.68 bits per heavy atom. The molecule has 0 amide bonds. The summed E-state index contributed by atoms with van der Waals surface area (Å²) in [6.45, 7) is 0. The lowest BCUT2D eigenvalue weighted by Crippen LogP contribution is -2.07. The van der Waals surface area contributed by atoms with Gasteiger partial charge in [-0.2, -0.15) is 0 Å². The first-order valence-corrected chi connectivity index (χ1v) is 6.62. The van der Waals surface area contributed by atoms with Crippen LogP contribution in [0.1, 0.15) is 21.7 Å². The predicted molar refractivity (Wildman–Crippen MR) is 79.1 cm³/mol. The SMILES string of the molecule is O=C(O)Cc1c(C(=O)c2ccc(O)cc2)oc2ccccc12. The van der Waals surface area contributed by atoms with Gasteiger partial charge >= 0.3 is 5.97 Å². The quantitative estimate of drug-likeness (QED) is 0.723. The molecular formula is C17H12O5. The number of carbonyl (C=O) groups is 2. The monoisotopic (exact) mass is 296 g/mol. The minimum Gasteiger partial charge on any atom is -0.508 e. The highest BCUT2D eigenvalue weighted by Gasteiger charge is 2.23. The van der Waals surface area contributed by atoms with Crippen LogP contribution in [0.3, 0.4) is 0 Å². The number of ketones is 1. The minimum atomic E-state index is -1.04. The first-order valence-electron chi connectivity index (χ1n) is 6.62. The van der Waals surface area contributed by atoms with E-state index in [1.165, 1.54) is 24.3 Å². The number of para-hydroxylation sites is 1. The molecule has 1 aromatic heterocycles. The molecule has 0 bridgehead atoms. The Bertz CT molecular complexity index is 858. The normalized spacial score (nSPS) is 10.7. The van der Waals surface area contributed by atoms with Crippen LogP contribution in [-0.2, 0) is 11.2 Å². The summed E-state index contributed by atoms with van der Waals surface area (Å²) in [5.74, 6) is -1.38. The second kappa shape index (κ2) is 5.37. The average molecular weight is 296 g/mol. The Morgan fingerprint density at radius 3 is 2.36 bits per heavy atom. The zero-order valence-electron chi connectivity index (χ0n) is 11.4. The van der Waals surface area contributed by atoms with Gasteiger partial charge in [0.05, 0.1) is 6.42 Å². The van der Waals surface area contributed by atoms with E-state index in [0.717, 1.165) is 0 Å². The molecule has 0 aliphatic heterocycles. The fraction of sp³-hybridized carbons (Fsp3) is 0.0588. The lowest BCUT2D eigenvalue weighted by atomic mass is 10.0. The number of carbonyl (C=O) groups excluding carboxylic acids is 1. The second-order valence-electron chi connectivity index (χ2n) is 4.85. The molecule has 0 saturated carbocycles. The lowest BCUT2D eigenvalue weighted by Gasteiger charge is -2.01. The van der Waals surface area contributed by atoms with Crippen molar-refractivity contribution in [2.24, 2.45) is 0 Å². The maximum Gasteiger partial charge on any atom is 0.307 e. The van der Waals surface area contributed by atoms with Crippen LogP contribution in [0.15, 0.2) is 52.9 Å². The number of aromatic hydroxyl groups is 1. The smallest absolute Gasteiger partial charge is 0.307 e. The van der Waals surface area contributed by atoms with Crippen LogP contribution in [0.25, 0.3) is 11.0 Å². The van der Waals surface area contributed by atoms with Crippen molar-refractivity contribution in [2.75, 3.05) is 0 Å². The highest BCUT2D eigenvalue weighted by Crippen LogP contribution is 2.28. The van der Waals surface area contributed by atoms with Crippen LogP contribution in [0.5, 0.6) is 5.75 Å². The van der Waals surface area contributed by atoms with E-state index in [4.69, 9.17) is 9.52 Å². The molecule has 110 valence electrons. The summed E-state index contributed by atoms with van der Waals surface area (Å²) in [7, 11) is 0. The molecule has 2 aromatic carbocycles. The maximum atomic E-state index is 12.6. The molecule has 5 nitrogen and oxygen atoms in total. The molecule has 3 aromatic rings. The van der Waals surface area contributed by atoms with Gasteiger partial charge in [-0.05, 0) is 30.3 Å². The molecule has 0 spiro atoms. The van der Waals surface area contributed by atoms with Crippen LogP contribution in [0.2, 0.25) is 0 Å². The topological polar surface area (TPSA) is 87.7 Å². The van der Waals surface area contributed by atoms with Gasteiger partial charge in [-0.3, -0.25) is 9.59 Å². The van der Waals surface area contributed by atoms with E-state index >= 15 is 0 Å². The number of benzene rings is 2. The van der Waals surface area contributed by atoms with E-state index in [0.29, 0.717) is 22.1 Å². The maximum absolute atomic E-state index is 12.6. The first kappa shape index (κ1) is 13.9. The molecule has 0 fully saturated rings. The fourth-order valence-corrected chi connectivity index (χ4v) is 2.35. The van der Waals surface area contributed by atoms with E-state index in [-0.39, 0.29) is 17.9 Å². The summed E-state index contributed by atoms with van der Waals surface area (Å²) in [6, 6.07) is 12.7. The Kier molecular flexibility index (Phi) is 3.39. The summed E-state index contributed by atoms with van der Waals surface area (Å²) in [5.41, 5.74) is 1.16. The zero-order chi connectivity index (χ0) is 15.7. The van der Waals surface area contributed by atoms with Crippen molar-refractivity contribution < 1.29 is 24.2 Å². The van der Waals surface area contributed by atoms with Gasteiger partial charge in [-0.15, -0.1) is 0 Å². The van der Waals surface area contributed by atoms with Crippen LogP contribution in [0, 0.1) is 0 Å². The van der Waals surface area contributed by atoms with Crippen molar-refractivity contribution in [1.29, 1.82) is 0 Å². The molecule has 2 N–H and O–H groups in total. The Balaban J connectivity index is 2.14. The van der Waals surface area contributed by atoms with Gasteiger partial charge in [0, 0.05) is 16.5 Å². The molecule has 0 aliphatic rings. The molecule has 22 heavy (non-hydrogen) atoms. The van der Waals surface area contributed by atoms with E-state index < -0.39 is 11.8 Å². The van der Waals surface area contributed by atoms with E-state index in [1.807, 2.05) is 0 Å². The van der Waals surface area contributed by atoms with Gasteiger partial charge in [0.25, 0.3) is 0 Å². The van der Waals surface area contributed by atoms with Crippen LogP contribution >= 0.6 is 0 Å². The zero-order valence-corrected chi connectivity index (χ0v) is 11.4. The molecule has 0 radical (unpaired) electrons. The van der Waals surface area contributed by atoms with E-state index in [2.05, 4.69) is 0 Å². The van der Waals surface area contributed by atoms with E-state index in [1.54, 1.807) is 24.3 Å². The number of hydrogen-bond acceptors (Lipinski definition) is 4. The largest absolute Gasteiger partial charge is 0.508 e. The van der Waals surface area contributed by atoms with Crippen molar-refractivity contribution in [3.05, 3.63) is 65.4 Å². The lowest BCUT2D eigenvalue weighted by molar-refractivity contribution is -0.136. The van der Waals surface area contributed by atoms with Crippen LogP contribution in [0.4, 0.5) is 0 Å². The number of carboxylic acids is 1. The molecule has 0 aliphatic carbocycles. The third-order valence-electron chi connectivity index (χ3n) is 3.36. The summed E-state index contributed by atoms with van der Waals surface area (Å²) in [5, 5.41) is 19.0.